The van der Waals surface area contributed by atoms with Crippen molar-refractivity contribution >= 4 is 15.8 Å². The van der Waals surface area contributed by atoms with E-state index in [0.717, 1.165) is 11.3 Å². The first-order valence-electron chi connectivity index (χ1n) is 9.82. The van der Waals surface area contributed by atoms with Crippen LogP contribution in [0.25, 0.3) is 0 Å². The summed E-state index contributed by atoms with van der Waals surface area (Å²) in [5.74, 6) is 2.20. The summed E-state index contributed by atoms with van der Waals surface area (Å²) >= 11 is 0. The Bertz CT molecular complexity index is 1050. The molecule has 1 N–H and O–H groups in total. The number of terminal acetylenes is 1. The maximum Gasteiger partial charge on any atom is 0.325 e. The third-order valence-corrected chi connectivity index (χ3v) is 8.09. The van der Waals surface area contributed by atoms with Crippen molar-refractivity contribution in [3.05, 3.63) is 54.1 Å². The van der Waals surface area contributed by atoms with Crippen molar-refractivity contribution in [1.29, 1.82) is 0 Å². The molecule has 0 radical (unpaired) electrons. The molecule has 0 amide bonds. The number of carboxylic acids is 1. The van der Waals surface area contributed by atoms with E-state index in [0.29, 0.717) is 25.4 Å². The molecule has 7 nitrogen and oxygen atoms in total. The van der Waals surface area contributed by atoms with Crippen LogP contribution in [0.15, 0.2) is 53.4 Å². The lowest BCUT2D eigenvalue weighted by molar-refractivity contribution is -0.141. The third-order valence-electron chi connectivity index (χ3n) is 5.59. The van der Waals surface area contributed by atoms with Gasteiger partial charge < -0.3 is 14.6 Å². The number of sulfone groups is 1. The second-order valence-electron chi connectivity index (χ2n) is 7.39. The Labute approximate surface area is 182 Å². The largest absolute Gasteiger partial charge is 0.497 e. The Morgan fingerprint density at radius 3 is 2.19 bits per heavy atom. The Kier molecular flexibility index (Phi) is 6.88. The van der Waals surface area contributed by atoms with E-state index < -0.39 is 20.6 Å². The standard InChI is InChI=1S/C23H25NO6S/c1-3-16-30-20-8-10-21(11-9-20)31(27,28)23(22(25)26)12-14-24(15-13-23)17-18-4-6-19(29-2)7-5-18/h1,4-11H,12-17H2,2H3,(H,25,26). The van der Waals surface area contributed by atoms with E-state index in [1.165, 1.54) is 24.3 Å². The maximum atomic E-state index is 13.3. The van der Waals surface area contributed by atoms with Gasteiger partial charge in [-0.1, -0.05) is 18.1 Å². The molecule has 2 aromatic rings. The summed E-state index contributed by atoms with van der Waals surface area (Å²) in [5.41, 5.74) is 1.05. The average Bonchev–Trinajstić information content (AvgIpc) is 2.78. The number of aliphatic carboxylic acids is 1. The van der Waals surface area contributed by atoms with E-state index in [-0.39, 0.29) is 24.3 Å². The number of benzene rings is 2. The molecular weight excluding hydrogens is 418 g/mol. The predicted molar refractivity (Wildman–Crippen MR) is 116 cm³/mol. The Morgan fingerprint density at radius 2 is 1.68 bits per heavy atom. The molecular formula is C23H25NO6S. The van der Waals surface area contributed by atoms with Crippen LogP contribution in [0.2, 0.25) is 0 Å². The SMILES string of the molecule is C#CCOc1ccc(S(=O)(=O)C2(C(=O)O)CCN(Cc3ccc(OC)cc3)CC2)cc1. The quantitative estimate of drug-likeness (QED) is 0.627. The minimum Gasteiger partial charge on any atom is -0.497 e. The molecule has 31 heavy (non-hydrogen) atoms. The molecule has 0 bridgehead atoms. The molecule has 0 saturated carbocycles. The summed E-state index contributed by atoms with van der Waals surface area (Å²) in [5, 5.41) is 9.93. The second kappa shape index (κ2) is 9.41. The number of piperidine rings is 1. The Balaban J connectivity index is 1.75. The fourth-order valence-electron chi connectivity index (χ4n) is 3.72. The third kappa shape index (κ3) is 4.68. The first-order chi connectivity index (χ1) is 14.8. The molecule has 0 aromatic heterocycles. The van der Waals surface area contributed by atoms with Crippen LogP contribution in [-0.4, -0.2) is 55.9 Å². The summed E-state index contributed by atoms with van der Waals surface area (Å²) in [6, 6.07) is 13.3. The molecule has 3 rings (SSSR count). The van der Waals surface area contributed by atoms with Gasteiger partial charge in [-0.25, -0.2) is 8.42 Å². The molecule has 1 saturated heterocycles. The van der Waals surface area contributed by atoms with Gasteiger partial charge in [-0.2, -0.15) is 0 Å². The first-order valence-corrected chi connectivity index (χ1v) is 11.3. The zero-order valence-corrected chi connectivity index (χ0v) is 18.1. The Morgan fingerprint density at radius 1 is 1.10 bits per heavy atom. The van der Waals surface area contributed by atoms with Crippen LogP contribution in [0.1, 0.15) is 18.4 Å². The summed E-state index contributed by atoms with van der Waals surface area (Å²) in [6.07, 6.45) is 5.17. The fraction of sp³-hybridized carbons (Fsp3) is 0.348. The number of rotatable bonds is 8. The smallest absolute Gasteiger partial charge is 0.325 e. The van der Waals surface area contributed by atoms with Gasteiger partial charge in [-0.15, -0.1) is 6.42 Å². The zero-order valence-electron chi connectivity index (χ0n) is 17.3. The van der Waals surface area contributed by atoms with Crippen LogP contribution in [-0.2, 0) is 21.2 Å². The molecule has 8 heteroatoms. The van der Waals surface area contributed by atoms with Crippen LogP contribution < -0.4 is 9.47 Å². The van der Waals surface area contributed by atoms with Gasteiger partial charge in [-0.05, 0) is 54.8 Å². The van der Waals surface area contributed by atoms with E-state index in [1.54, 1.807) is 7.11 Å². The van der Waals surface area contributed by atoms with Crippen molar-refractivity contribution in [1.82, 2.24) is 4.90 Å². The molecule has 1 heterocycles. The monoisotopic (exact) mass is 443 g/mol. The molecule has 164 valence electrons. The fourth-order valence-corrected chi connectivity index (χ4v) is 5.62. The number of hydrogen-bond acceptors (Lipinski definition) is 6. The number of carboxylic acid groups (broad SMARTS) is 1. The summed E-state index contributed by atoms with van der Waals surface area (Å²) in [7, 11) is -2.50. The van der Waals surface area contributed by atoms with Gasteiger partial charge in [0.05, 0.1) is 12.0 Å². The topological polar surface area (TPSA) is 93.1 Å². The van der Waals surface area contributed by atoms with Crippen molar-refractivity contribution in [2.24, 2.45) is 0 Å². The molecule has 0 atom stereocenters. The zero-order chi connectivity index (χ0) is 22.5. The van der Waals surface area contributed by atoms with E-state index in [4.69, 9.17) is 15.9 Å². The molecule has 2 aromatic carbocycles. The van der Waals surface area contributed by atoms with Gasteiger partial charge in [0, 0.05) is 19.6 Å². The number of hydrogen-bond donors (Lipinski definition) is 1. The lowest BCUT2D eigenvalue weighted by Crippen LogP contribution is -2.54. The van der Waals surface area contributed by atoms with Crippen LogP contribution in [0.4, 0.5) is 0 Å². The van der Waals surface area contributed by atoms with Gasteiger partial charge >= 0.3 is 5.97 Å². The van der Waals surface area contributed by atoms with Crippen LogP contribution in [0.5, 0.6) is 11.5 Å². The van der Waals surface area contributed by atoms with Crippen molar-refractivity contribution in [2.75, 3.05) is 26.8 Å². The summed E-state index contributed by atoms with van der Waals surface area (Å²) in [6.45, 7) is 1.40. The lowest BCUT2D eigenvalue weighted by atomic mass is 9.95. The molecule has 1 aliphatic rings. The van der Waals surface area contributed by atoms with Crippen LogP contribution in [0, 0.1) is 12.3 Å². The first kappa shape index (κ1) is 22.7. The number of carbonyl (C=O) groups is 1. The summed E-state index contributed by atoms with van der Waals surface area (Å²) in [4.78, 5) is 14.2. The lowest BCUT2D eigenvalue weighted by Gasteiger charge is -2.38. The highest BCUT2D eigenvalue weighted by Gasteiger charge is 2.53. The molecule has 1 aliphatic heterocycles. The molecule has 1 fully saturated rings. The number of methoxy groups -OCH3 is 1. The van der Waals surface area contributed by atoms with Crippen LogP contribution in [0.3, 0.4) is 0 Å². The van der Waals surface area contributed by atoms with Gasteiger partial charge in [0.15, 0.2) is 14.6 Å². The average molecular weight is 444 g/mol. The van der Waals surface area contributed by atoms with Crippen molar-refractivity contribution in [2.45, 2.75) is 29.0 Å². The van der Waals surface area contributed by atoms with E-state index in [9.17, 15) is 18.3 Å². The number of nitrogens with zero attached hydrogens (tertiary/aromatic N) is 1. The highest BCUT2D eigenvalue weighted by molar-refractivity contribution is 7.93. The van der Waals surface area contributed by atoms with E-state index in [2.05, 4.69) is 10.8 Å². The van der Waals surface area contributed by atoms with Crippen molar-refractivity contribution in [3.63, 3.8) is 0 Å². The molecule has 0 aliphatic carbocycles. The highest BCUT2D eigenvalue weighted by atomic mass is 32.2. The minimum absolute atomic E-state index is 0.0101. The normalized spacial score (nSPS) is 16.3. The molecule has 0 unspecified atom stereocenters. The Hall–Kier alpha value is -3.02. The highest BCUT2D eigenvalue weighted by Crippen LogP contribution is 2.37. The second-order valence-corrected chi connectivity index (χ2v) is 9.65. The predicted octanol–water partition coefficient (Wildman–Crippen LogP) is 2.60. The van der Waals surface area contributed by atoms with E-state index in [1.807, 2.05) is 24.3 Å². The number of likely N-dealkylation sites (tertiary alicyclic amines) is 1. The van der Waals surface area contributed by atoms with Gasteiger partial charge in [0.1, 0.15) is 18.1 Å². The van der Waals surface area contributed by atoms with Gasteiger partial charge in [-0.3, -0.25) is 9.69 Å². The van der Waals surface area contributed by atoms with Crippen molar-refractivity contribution < 1.29 is 27.8 Å². The summed E-state index contributed by atoms with van der Waals surface area (Å²) < 4.78 is 35.2. The maximum absolute atomic E-state index is 13.3. The minimum atomic E-state index is -4.10. The van der Waals surface area contributed by atoms with Gasteiger partial charge in [0.2, 0.25) is 0 Å². The van der Waals surface area contributed by atoms with Gasteiger partial charge in [0.25, 0.3) is 0 Å². The van der Waals surface area contributed by atoms with E-state index >= 15 is 0 Å². The van der Waals surface area contributed by atoms with Crippen LogP contribution >= 0.6 is 0 Å². The van der Waals surface area contributed by atoms with Crippen molar-refractivity contribution in [3.8, 4) is 23.8 Å². The number of ether oxygens (including phenoxy) is 2. The molecule has 0 spiro atoms.